The first-order chi connectivity index (χ1) is 11.2. The van der Waals surface area contributed by atoms with Gasteiger partial charge in [0.2, 0.25) is 0 Å². The number of benzene rings is 1. The molecule has 23 heavy (non-hydrogen) atoms. The van der Waals surface area contributed by atoms with Gasteiger partial charge in [0.15, 0.2) is 11.6 Å². The fraction of sp³-hybridized carbons (Fsp3) is 0.588. The summed E-state index contributed by atoms with van der Waals surface area (Å²) in [6.45, 7) is 3.64. The summed E-state index contributed by atoms with van der Waals surface area (Å²) in [6, 6.07) is 4.24. The lowest BCUT2D eigenvalue weighted by Crippen LogP contribution is -2.53. The number of ether oxygens (including phenoxy) is 3. The van der Waals surface area contributed by atoms with Gasteiger partial charge >= 0.3 is 0 Å². The molecule has 0 radical (unpaired) electrons. The summed E-state index contributed by atoms with van der Waals surface area (Å²) in [7, 11) is 1.39. The topological polar surface area (TPSA) is 48.0 Å². The highest BCUT2D eigenvalue weighted by atomic mass is 19.1. The number of carbonyl (C=O) groups excluding carboxylic acids is 1. The fourth-order valence-electron chi connectivity index (χ4n) is 3.52. The molecule has 6 heteroatoms. The van der Waals surface area contributed by atoms with Gasteiger partial charge in [0.25, 0.3) is 5.91 Å². The molecule has 126 valence electrons. The quantitative estimate of drug-likeness (QED) is 0.853. The molecule has 1 amide bonds. The smallest absolute Gasteiger partial charge is 0.254 e. The Morgan fingerprint density at radius 1 is 1.43 bits per heavy atom. The predicted molar refractivity (Wildman–Crippen MR) is 82.2 cm³/mol. The second kappa shape index (κ2) is 6.84. The van der Waals surface area contributed by atoms with Crippen LogP contribution in [-0.2, 0) is 9.47 Å². The lowest BCUT2D eigenvalue weighted by Gasteiger charge is -2.39. The van der Waals surface area contributed by atoms with Gasteiger partial charge in [-0.3, -0.25) is 4.79 Å². The maximum absolute atomic E-state index is 13.5. The Bertz CT molecular complexity index is 580. The zero-order chi connectivity index (χ0) is 16.4. The predicted octanol–water partition coefficient (Wildman–Crippen LogP) is 2.24. The lowest BCUT2D eigenvalue weighted by molar-refractivity contribution is -0.102. The van der Waals surface area contributed by atoms with Crippen molar-refractivity contribution in [1.29, 1.82) is 0 Å². The monoisotopic (exact) mass is 323 g/mol. The van der Waals surface area contributed by atoms with Gasteiger partial charge in [-0.05, 0) is 38.0 Å². The van der Waals surface area contributed by atoms with Crippen molar-refractivity contribution in [3.8, 4) is 5.75 Å². The number of methoxy groups -OCH3 is 1. The molecule has 0 unspecified atom stereocenters. The van der Waals surface area contributed by atoms with Gasteiger partial charge in [-0.2, -0.15) is 0 Å². The molecule has 1 heterocycles. The summed E-state index contributed by atoms with van der Waals surface area (Å²) in [5.74, 6) is -0.501. The number of amides is 1. The normalized spacial score (nSPS) is 26.9. The Kier molecular flexibility index (Phi) is 4.82. The van der Waals surface area contributed by atoms with Crippen molar-refractivity contribution in [2.75, 3.05) is 26.9 Å². The zero-order valence-corrected chi connectivity index (χ0v) is 13.5. The van der Waals surface area contributed by atoms with E-state index in [4.69, 9.17) is 14.2 Å². The highest BCUT2D eigenvalue weighted by molar-refractivity contribution is 5.95. The first-order valence-corrected chi connectivity index (χ1v) is 8.03. The molecule has 1 saturated heterocycles. The van der Waals surface area contributed by atoms with E-state index in [0.717, 1.165) is 12.8 Å². The second-order valence-corrected chi connectivity index (χ2v) is 5.82. The highest BCUT2D eigenvalue weighted by Gasteiger charge is 2.45. The number of hydrogen-bond acceptors (Lipinski definition) is 4. The Labute approximate surface area is 135 Å². The first kappa shape index (κ1) is 16.2. The summed E-state index contributed by atoms with van der Waals surface area (Å²) < 4.78 is 30.1. The molecule has 0 aromatic heterocycles. The van der Waals surface area contributed by atoms with Gasteiger partial charge < -0.3 is 19.1 Å². The Morgan fingerprint density at radius 2 is 2.26 bits per heavy atom. The van der Waals surface area contributed by atoms with Crippen molar-refractivity contribution in [3.63, 3.8) is 0 Å². The average molecular weight is 323 g/mol. The van der Waals surface area contributed by atoms with Crippen LogP contribution in [0.2, 0.25) is 0 Å². The molecular weight excluding hydrogens is 301 g/mol. The minimum absolute atomic E-state index is 0.0175. The van der Waals surface area contributed by atoms with E-state index in [1.165, 1.54) is 25.3 Å². The van der Waals surface area contributed by atoms with Gasteiger partial charge in [-0.1, -0.05) is 0 Å². The molecule has 1 aromatic rings. The van der Waals surface area contributed by atoms with Gasteiger partial charge in [0, 0.05) is 18.7 Å². The molecule has 2 aliphatic rings. The van der Waals surface area contributed by atoms with E-state index >= 15 is 0 Å². The van der Waals surface area contributed by atoms with Crippen LogP contribution in [0.15, 0.2) is 18.2 Å². The molecule has 1 aromatic carbocycles. The number of carbonyl (C=O) groups is 1. The summed E-state index contributed by atoms with van der Waals surface area (Å²) in [5, 5.41) is 0. The van der Waals surface area contributed by atoms with Crippen LogP contribution in [0.3, 0.4) is 0 Å². The maximum atomic E-state index is 13.5. The minimum atomic E-state index is -0.471. The third-order valence-electron chi connectivity index (χ3n) is 4.58. The molecule has 0 bridgehead atoms. The van der Waals surface area contributed by atoms with E-state index in [2.05, 4.69) is 0 Å². The van der Waals surface area contributed by atoms with Gasteiger partial charge in [0.05, 0.1) is 25.9 Å². The Hall–Kier alpha value is -1.66. The molecule has 3 atom stereocenters. The summed E-state index contributed by atoms with van der Waals surface area (Å²) in [4.78, 5) is 14.7. The van der Waals surface area contributed by atoms with Gasteiger partial charge in [0.1, 0.15) is 6.10 Å². The molecule has 0 spiro atoms. The number of morpholine rings is 1. The van der Waals surface area contributed by atoms with E-state index in [0.29, 0.717) is 25.3 Å². The number of halogens is 1. The van der Waals surface area contributed by atoms with Crippen LogP contribution < -0.4 is 4.74 Å². The van der Waals surface area contributed by atoms with E-state index < -0.39 is 5.82 Å². The Balaban J connectivity index is 1.79. The van der Waals surface area contributed by atoms with E-state index in [1.54, 1.807) is 0 Å². The third kappa shape index (κ3) is 3.05. The second-order valence-electron chi connectivity index (χ2n) is 5.82. The van der Waals surface area contributed by atoms with Gasteiger partial charge in [-0.25, -0.2) is 4.39 Å². The van der Waals surface area contributed by atoms with E-state index in [1.807, 2.05) is 11.8 Å². The van der Waals surface area contributed by atoms with Crippen LogP contribution in [-0.4, -0.2) is 55.9 Å². The fourth-order valence-corrected chi connectivity index (χ4v) is 3.52. The SMILES string of the molecule is CCO[C@@H]1CC[C@H]2[C@H]1OCCN2C(=O)c1ccc(F)c(OC)c1. The number of hydrogen-bond donors (Lipinski definition) is 0. The molecule has 3 rings (SSSR count). The molecule has 1 aliphatic heterocycles. The van der Waals surface area contributed by atoms with Gasteiger partial charge in [-0.15, -0.1) is 0 Å². The van der Waals surface area contributed by atoms with Crippen molar-refractivity contribution in [2.24, 2.45) is 0 Å². The van der Waals surface area contributed by atoms with Crippen LogP contribution >= 0.6 is 0 Å². The average Bonchev–Trinajstić information content (AvgIpc) is 2.98. The first-order valence-electron chi connectivity index (χ1n) is 8.03. The molecule has 1 aliphatic carbocycles. The minimum Gasteiger partial charge on any atom is -0.494 e. The lowest BCUT2D eigenvalue weighted by atomic mass is 10.1. The largest absolute Gasteiger partial charge is 0.494 e. The standard InChI is InChI=1S/C17H22FNO4/c1-3-22-14-7-6-13-16(14)23-9-8-19(13)17(20)11-4-5-12(18)15(10-11)21-2/h4-5,10,13-14,16H,3,6-9H2,1-2H3/t13-,14+,16+/m0/s1. The van der Waals surface area contributed by atoms with Crippen LogP contribution in [0.4, 0.5) is 4.39 Å². The summed E-state index contributed by atoms with van der Waals surface area (Å²) in [6.07, 6.45) is 1.72. The summed E-state index contributed by atoms with van der Waals surface area (Å²) in [5.41, 5.74) is 0.434. The van der Waals surface area contributed by atoms with E-state index in [-0.39, 0.29) is 29.9 Å². The molecule has 1 saturated carbocycles. The number of rotatable bonds is 4. The summed E-state index contributed by atoms with van der Waals surface area (Å²) >= 11 is 0. The Morgan fingerprint density at radius 3 is 3.00 bits per heavy atom. The van der Waals surface area contributed by atoms with Crippen molar-refractivity contribution in [1.82, 2.24) is 4.90 Å². The van der Waals surface area contributed by atoms with Crippen LogP contribution in [0, 0.1) is 5.82 Å². The molecular formula is C17H22FNO4. The van der Waals surface area contributed by atoms with Crippen molar-refractivity contribution in [2.45, 2.75) is 38.0 Å². The van der Waals surface area contributed by atoms with Crippen LogP contribution in [0.25, 0.3) is 0 Å². The molecule has 0 N–H and O–H groups in total. The molecule has 2 fully saturated rings. The van der Waals surface area contributed by atoms with Crippen molar-refractivity contribution in [3.05, 3.63) is 29.6 Å². The van der Waals surface area contributed by atoms with Crippen molar-refractivity contribution >= 4 is 5.91 Å². The number of fused-ring (bicyclic) bond motifs is 1. The van der Waals surface area contributed by atoms with Crippen LogP contribution in [0.5, 0.6) is 5.75 Å². The highest BCUT2D eigenvalue weighted by Crippen LogP contribution is 2.33. The zero-order valence-electron chi connectivity index (χ0n) is 13.5. The van der Waals surface area contributed by atoms with Crippen LogP contribution in [0.1, 0.15) is 30.1 Å². The van der Waals surface area contributed by atoms with Crippen molar-refractivity contribution < 1.29 is 23.4 Å². The number of nitrogens with zero attached hydrogens (tertiary/aromatic N) is 1. The third-order valence-corrected chi connectivity index (χ3v) is 4.58. The maximum Gasteiger partial charge on any atom is 0.254 e. The van der Waals surface area contributed by atoms with E-state index in [9.17, 15) is 9.18 Å². The molecule has 5 nitrogen and oxygen atoms in total.